The summed E-state index contributed by atoms with van der Waals surface area (Å²) in [6, 6.07) is 19.2. The van der Waals surface area contributed by atoms with Crippen molar-refractivity contribution in [2.75, 3.05) is 0 Å². The maximum Gasteiger partial charge on any atom is 0.124 e. The van der Waals surface area contributed by atoms with Gasteiger partial charge in [-0.05, 0) is 24.3 Å². The first kappa shape index (κ1) is 12.6. The summed E-state index contributed by atoms with van der Waals surface area (Å²) < 4.78 is 0. The second-order valence-electron chi connectivity index (χ2n) is 3.91. The van der Waals surface area contributed by atoms with Gasteiger partial charge in [0, 0.05) is 11.1 Å². The van der Waals surface area contributed by atoms with Crippen LogP contribution in [0.2, 0.25) is 0 Å². The van der Waals surface area contributed by atoms with Crippen LogP contribution in [0.1, 0.15) is 0 Å². The number of para-hydroxylation sites is 1. The lowest BCUT2D eigenvalue weighted by Gasteiger charge is -1.98. The Morgan fingerprint density at radius 2 is 1.50 bits per heavy atom. The third kappa shape index (κ3) is 2.22. The molecule has 0 atom stereocenters. The van der Waals surface area contributed by atoms with Crippen LogP contribution in [0.15, 0.2) is 60.7 Å². The zero-order valence-corrected chi connectivity index (χ0v) is 11.3. The number of phenols is 1. The summed E-state index contributed by atoms with van der Waals surface area (Å²) in [6.07, 6.45) is 0. The average Bonchev–Trinajstić information content (AvgIpc) is 2.61. The van der Waals surface area contributed by atoms with Crippen molar-refractivity contribution in [2.45, 2.75) is 0 Å². The van der Waals surface area contributed by atoms with Gasteiger partial charge in [0.25, 0.3) is 0 Å². The maximum absolute atomic E-state index is 9.80. The van der Waals surface area contributed by atoms with Gasteiger partial charge in [-0.3, -0.25) is 0 Å². The van der Waals surface area contributed by atoms with Gasteiger partial charge in [0.1, 0.15) is 5.75 Å². The van der Waals surface area contributed by atoms with Crippen LogP contribution >= 0.6 is 17.0 Å². The summed E-state index contributed by atoms with van der Waals surface area (Å²) >= 11 is 0. The number of rotatable bonds is 1. The Balaban J connectivity index is 0.00000120. The normalized spacial score (nSPS) is 10.0. The van der Waals surface area contributed by atoms with E-state index in [1.807, 2.05) is 54.6 Å². The summed E-state index contributed by atoms with van der Waals surface area (Å²) in [6.45, 7) is 0. The van der Waals surface area contributed by atoms with Crippen molar-refractivity contribution in [3.05, 3.63) is 60.7 Å². The van der Waals surface area contributed by atoms with E-state index in [2.05, 4.69) is 4.98 Å². The van der Waals surface area contributed by atoms with E-state index in [0.29, 0.717) is 0 Å². The van der Waals surface area contributed by atoms with Gasteiger partial charge < -0.3 is 5.11 Å². The first-order chi connectivity index (χ1) is 8.34. The molecule has 18 heavy (non-hydrogen) atoms. The van der Waals surface area contributed by atoms with Crippen LogP contribution in [0.25, 0.3) is 22.5 Å². The van der Waals surface area contributed by atoms with E-state index in [1.165, 1.54) is 0 Å². The van der Waals surface area contributed by atoms with Gasteiger partial charge >= 0.3 is 0 Å². The standard InChI is InChI=1S/C15H11NO.BrH/c17-15-9-5-4-7-12(15)14-10-11-6-2-1-3-8-13(11)16-14;/h1-10,17H;1H. The van der Waals surface area contributed by atoms with Crippen molar-refractivity contribution in [1.29, 1.82) is 0 Å². The molecule has 0 fully saturated rings. The molecule has 0 aromatic heterocycles. The molecule has 2 aliphatic rings. The molecular weight excluding hydrogens is 290 g/mol. The van der Waals surface area contributed by atoms with Crippen LogP contribution in [0.4, 0.5) is 0 Å². The van der Waals surface area contributed by atoms with Crippen molar-refractivity contribution >= 4 is 17.0 Å². The summed E-state index contributed by atoms with van der Waals surface area (Å²) in [5, 5.41) is 9.80. The molecule has 1 aliphatic carbocycles. The fraction of sp³-hybridized carbons (Fsp3) is 0. The lowest BCUT2D eigenvalue weighted by molar-refractivity contribution is 0.477. The molecular formula is C15H12BrNO. The summed E-state index contributed by atoms with van der Waals surface area (Å²) in [4.78, 5) is 4.52. The number of halogens is 1. The number of benzene rings is 1. The van der Waals surface area contributed by atoms with Gasteiger partial charge in [0.05, 0.1) is 11.4 Å². The SMILES string of the molecule is Br.Oc1ccccc1-c1cc2cccccc-2n1. The molecule has 0 saturated heterocycles. The van der Waals surface area contributed by atoms with E-state index in [4.69, 9.17) is 0 Å². The van der Waals surface area contributed by atoms with Gasteiger partial charge in [0.2, 0.25) is 0 Å². The molecule has 0 spiro atoms. The smallest absolute Gasteiger partial charge is 0.124 e. The van der Waals surface area contributed by atoms with Crippen molar-refractivity contribution in [1.82, 2.24) is 4.98 Å². The average molecular weight is 302 g/mol. The maximum atomic E-state index is 9.80. The Labute approximate surface area is 116 Å². The summed E-state index contributed by atoms with van der Waals surface area (Å²) in [7, 11) is 0. The molecule has 0 unspecified atom stereocenters. The topological polar surface area (TPSA) is 33.1 Å². The zero-order chi connectivity index (χ0) is 11.7. The number of aromatic nitrogens is 1. The Kier molecular flexibility index (Phi) is 3.63. The van der Waals surface area contributed by atoms with Crippen LogP contribution in [0.3, 0.4) is 0 Å². The second kappa shape index (κ2) is 5.19. The number of phenolic OH excluding ortho intramolecular Hbond substituents is 1. The monoisotopic (exact) mass is 301 g/mol. The second-order valence-corrected chi connectivity index (χ2v) is 3.91. The molecule has 0 radical (unpaired) electrons. The van der Waals surface area contributed by atoms with E-state index in [0.717, 1.165) is 22.5 Å². The largest absolute Gasteiger partial charge is 0.507 e. The minimum Gasteiger partial charge on any atom is -0.507 e. The van der Waals surface area contributed by atoms with Gasteiger partial charge in [0.15, 0.2) is 0 Å². The summed E-state index contributed by atoms with van der Waals surface area (Å²) in [5.41, 5.74) is 3.59. The first-order valence-corrected chi connectivity index (χ1v) is 5.49. The number of nitrogens with zero attached hydrogens (tertiary/aromatic N) is 1. The van der Waals surface area contributed by atoms with Crippen molar-refractivity contribution in [3.8, 4) is 28.3 Å². The van der Waals surface area contributed by atoms with Crippen LogP contribution in [0.5, 0.6) is 5.75 Å². The highest BCUT2D eigenvalue weighted by Crippen LogP contribution is 2.32. The Morgan fingerprint density at radius 1 is 0.778 bits per heavy atom. The highest BCUT2D eigenvalue weighted by molar-refractivity contribution is 8.93. The lowest BCUT2D eigenvalue weighted by Crippen LogP contribution is -1.77. The van der Waals surface area contributed by atoms with Gasteiger partial charge in [-0.1, -0.05) is 36.4 Å². The number of hydrogen-bond donors (Lipinski definition) is 1. The molecule has 90 valence electrons. The molecule has 0 bridgehead atoms. The Hall–Kier alpha value is -1.87. The molecule has 1 aliphatic heterocycles. The third-order valence-electron chi connectivity index (χ3n) is 2.76. The number of hydrogen-bond acceptors (Lipinski definition) is 2. The van der Waals surface area contributed by atoms with E-state index in [9.17, 15) is 5.11 Å². The van der Waals surface area contributed by atoms with Gasteiger partial charge in [-0.2, -0.15) is 0 Å². The number of aromatic hydroxyl groups is 1. The van der Waals surface area contributed by atoms with Crippen LogP contribution < -0.4 is 0 Å². The van der Waals surface area contributed by atoms with E-state index >= 15 is 0 Å². The molecule has 1 aromatic rings. The van der Waals surface area contributed by atoms with Crippen LogP contribution in [-0.2, 0) is 0 Å². The Morgan fingerprint density at radius 3 is 2.33 bits per heavy atom. The van der Waals surface area contributed by atoms with E-state index in [1.54, 1.807) is 6.07 Å². The Bertz CT molecular complexity index is 608. The van der Waals surface area contributed by atoms with E-state index < -0.39 is 0 Å². The van der Waals surface area contributed by atoms with Gasteiger partial charge in [-0.25, -0.2) is 4.98 Å². The highest BCUT2D eigenvalue weighted by atomic mass is 79.9. The highest BCUT2D eigenvalue weighted by Gasteiger charge is 2.10. The molecule has 1 heterocycles. The van der Waals surface area contributed by atoms with E-state index in [-0.39, 0.29) is 22.7 Å². The molecule has 0 amide bonds. The van der Waals surface area contributed by atoms with Crippen molar-refractivity contribution < 1.29 is 5.11 Å². The molecule has 3 rings (SSSR count). The molecule has 3 heteroatoms. The zero-order valence-electron chi connectivity index (χ0n) is 9.58. The molecule has 2 nitrogen and oxygen atoms in total. The molecule has 0 saturated carbocycles. The fourth-order valence-electron chi connectivity index (χ4n) is 1.91. The lowest BCUT2D eigenvalue weighted by atomic mass is 10.1. The molecule has 1 N–H and O–H groups in total. The van der Waals surface area contributed by atoms with Crippen molar-refractivity contribution in [3.63, 3.8) is 0 Å². The minimum atomic E-state index is 0. The van der Waals surface area contributed by atoms with Crippen LogP contribution in [0, 0.1) is 0 Å². The van der Waals surface area contributed by atoms with Gasteiger partial charge in [-0.15, -0.1) is 17.0 Å². The quantitative estimate of drug-likeness (QED) is 0.733. The van der Waals surface area contributed by atoms with Crippen LogP contribution in [-0.4, -0.2) is 10.1 Å². The number of fused-ring (bicyclic) bond motifs is 1. The fourth-order valence-corrected chi connectivity index (χ4v) is 1.91. The predicted molar refractivity (Wildman–Crippen MR) is 78.3 cm³/mol. The third-order valence-corrected chi connectivity index (χ3v) is 2.76. The molecule has 1 aromatic carbocycles. The first-order valence-electron chi connectivity index (χ1n) is 5.49. The minimum absolute atomic E-state index is 0. The predicted octanol–water partition coefficient (Wildman–Crippen LogP) is 4.14. The summed E-state index contributed by atoms with van der Waals surface area (Å²) in [5.74, 6) is 0.264. The van der Waals surface area contributed by atoms with Crippen molar-refractivity contribution in [2.24, 2.45) is 0 Å².